The summed E-state index contributed by atoms with van der Waals surface area (Å²) < 4.78 is 19.4. The van der Waals surface area contributed by atoms with Crippen molar-refractivity contribution in [3.05, 3.63) is 150 Å². The summed E-state index contributed by atoms with van der Waals surface area (Å²) in [6.07, 6.45) is 14.3. The SMILES string of the molecule is CC(C)COc1ccc(C(C)CC(CC(C)c2ccc(COc3ccc4cc5ccccc5cc4c3)cc2)c2ccc(OC3CC45CCCC67CCC(C6)C(C3C4)C75)cc2)cc1. The molecular formula is C59H66O3. The van der Waals surface area contributed by atoms with Gasteiger partial charge in [-0.3, -0.25) is 0 Å². The molecule has 6 aromatic rings. The van der Waals surface area contributed by atoms with Crippen LogP contribution in [0.5, 0.6) is 17.2 Å². The van der Waals surface area contributed by atoms with E-state index in [9.17, 15) is 0 Å². The van der Waals surface area contributed by atoms with Crippen LogP contribution in [0.15, 0.2) is 127 Å². The summed E-state index contributed by atoms with van der Waals surface area (Å²) in [5.41, 5.74) is 6.68. The minimum absolute atomic E-state index is 0.404. The van der Waals surface area contributed by atoms with E-state index < -0.39 is 0 Å². The molecule has 6 aromatic carbocycles. The van der Waals surface area contributed by atoms with Gasteiger partial charge in [0, 0.05) is 0 Å². The van der Waals surface area contributed by atoms with Gasteiger partial charge in [0.15, 0.2) is 0 Å². The summed E-state index contributed by atoms with van der Waals surface area (Å²) >= 11 is 0. The van der Waals surface area contributed by atoms with Crippen LogP contribution in [0.2, 0.25) is 0 Å². The third kappa shape index (κ3) is 7.40. The zero-order chi connectivity index (χ0) is 42.0. The number of benzene rings is 6. The maximum atomic E-state index is 7.06. The molecular weight excluding hydrogens is 757 g/mol. The predicted molar refractivity (Wildman–Crippen MR) is 254 cm³/mol. The Kier molecular flexibility index (Phi) is 10.4. The Balaban J connectivity index is 0.775. The monoisotopic (exact) mass is 823 g/mol. The highest BCUT2D eigenvalue weighted by molar-refractivity contribution is 5.98. The second-order valence-electron chi connectivity index (χ2n) is 21.4. The summed E-state index contributed by atoms with van der Waals surface area (Å²) in [5, 5.41) is 4.97. The van der Waals surface area contributed by atoms with Crippen molar-refractivity contribution in [2.75, 3.05) is 6.61 Å². The molecule has 0 aliphatic heterocycles. The minimum atomic E-state index is 0.404. The molecule has 0 aromatic heterocycles. The van der Waals surface area contributed by atoms with Crippen LogP contribution in [0.3, 0.4) is 0 Å². The van der Waals surface area contributed by atoms with Crippen molar-refractivity contribution in [3.8, 4) is 17.2 Å². The molecule has 3 nitrogen and oxygen atoms in total. The molecule has 5 saturated carbocycles. The van der Waals surface area contributed by atoms with Gasteiger partial charge in [0.2, 0.25) is 0 Å². The van der Waals surface area contributed by atoms with Gasteiger partial charge >= 0.3 is 0 Å². The summed E-state index contributed by atoms with van der Waals surface area (Å²) in [5.74, 6) is 8.41. The van der Waals surface area contributed by atoms with Crippen molar-refractivity contribution in [2.24, 2.45) is 40.4 Å². The van der Waals surface area contributed by atoms with Crippen LogP contribution >= 0.6 is 0 Å². The Labute approximate surface area is 370 Å². The molecule has 5 aliphatic carbocycles. The first-order valence-corrected chi connectivity index (χ1v) is 24.3. The molecule has 5 fully saturated rings. The molecule has 2 spiro atoms. The number of fused-ring (bicyclic) bond motifs is 6. The van der Waals surface area contributed by atoms with E-state index in [2.05, 4.69) is 155 Å². The minimum Gasteiger partial charge on any atom is -0.493 e. The molecule has 11 rings (SSSR count). The highest BCUT2D eigenvalue weighted by Gasteiger charge is 2.74. The lowest BCUT2D eigenvalue weighted by molar-refractivity contribution is -0.0582. The first-order chi connectivity index (χ1) is 30.2. The smallest absolute Gasteiger partial charge is 0.120 e. The van der Waals surface area contributed by atoms with Crippen molar-refractivity contribution in [1.82, 2.24) is 0 Å². The molecule has 10 unspecified atom stereocenters. The zero-order valence-corrected chi connectivity index (χ0v) is 37.5. The van der Waals surface area contributed by atoms with E-state index in [1.54, 1.807) is 6.42 Å². The van der Waals surface area contributed by atoms with Crippen LogP contribution in [-0.4, -0.2) is 12.7 Å². The van der Waals surface area contributed by atoms with E-state index in [1.165, 1.54) is 88.7 Å². The quantitative estimate of drug-likeness (QED) is 0.0966. The van der Waals surface area contributed by atoms with Crippen molar-refractivity contribution in [1.29, 1.82) is 0 Å². The fraction of sp³-hybridized carbons (Fsp3) is 0.458. The van der Waals surface area contributed by atoms with E-state index in [1.807, 2.05) is 0 Å². The Hall–Kier alpha value is -4.76. The fourth-order valence-corrected chi connectivity index (χ4v) is 14.4. The lowest BCUT2D eigenvalue weighted by Gasteiger charge is -2.53. The maximum Gasteiger partial charge on any atom is 0.120 e. The molecule has 0 amide bonds. The van der Waals surface area contributed by atoms with Gasteiger partial charge in [0.05, 0.1) is 6.61 Å². The molecule has 3 heteroatoms. The summed E-state index contributed by atoms with van der Waals surface area (Å²) in [6.45, 7) is 10.5. The highest BCUT2D eigenvalue weighted by Crippen LogP contribution is 2.80. The Bertz CT molecular complexity index is 2520. The molecule has 0 N–H and O–H groups in total. The molecule has 62 heavy (non-hydrogen) atoms. The molecule has 0 heterocycles. The van der Waals surface area contributed by atoms with Gasteiger partial charge in [0.1, 0.15) is 30.0 Å². The van der Waals surface area contributed by atoms with Gasteiger partial charge < -0.3 is 14.2 Å². The second kappa shape index (κ2) is 16.1. The molecule has 10 atom stereocenters. The van der Waals surface area contributed by atoms with Crippen LogP contribution in [-0.2, 0) is 6.61 Å². The number of hydrogen-bond donors (Lipinski definition) is 0. The van der Waals surface area contributed by atoms with E-state index in [0.717, 1.165) is 60.4 Å². The van der Waals surface area contributed by atoms with Crippen molar-refractivity contribution in [2.45, 2.75) is 122 Å². The molecule has 0 radical (unpaired) electrons. The Morgan fingerprint density at radius 3 is 1.92 bits per heavy atom. The summed E-state index contributed by atoms with van der Waals surface area (Å²) in [6, 6.07) is 47.0. The Morgan fingerprint density at radius 2 is 1.19 bits per heavy atom. The van der Waals surface area contributed by atoms with Gasteiger partial charge in [-0.1, -0.05) is 113 Å². The van der Waals surface area contributed by atoms with Crippen molar-refractivity contribution >= 4 is 21.5 Å². The first kappa shape index (κ1) is 40.0. The molecule has 5 aliphatic rings. The molecule has 4 bridgehead atoms. The Morgan fingerprint density at radius 1 is 0.565 bits per heavy atom. The largest absolute Gasteiger partial charge is 0.493 e. The van der Waals surface area contributed by atoms with Crippen LogP contribution < -0.4 is 14.2 Å². The maximum absolute atomic E-state index is 7.06. The third-order valence-electron chi connectivity index (χ3n) is 17.1. The van der Waals surface area contributed by atoms with Gasteiger partial charge in [-0.2, -0.15) is 0 Å². The van der Waals surface area contributed by atoms with Gasteiger partial charge in [0.25, 0.3) is 0 Å². The van der Waals surface area contributed by atoms with Crippen molar-refractivity contribution < 1.29 is 14.2 Å². The summed E-state index contributed by atoms with van der Waals surface area (Å²) in [4.78, 5) is 0. The third-order valence-corrected chi connectivity index (χ3v) is 17.1. The van der Waals surface area contributed by atoms with Crippen molar-refractivity contribution in [3.63, 3.8) is 0 Å². The van der Waals surface area contributed by atoms with Crippen LogP contribution in [0.25, 0.3) is 21.5 Å². The molecule has 0 saturated heterocycles. The normalized spacial score (nSPS) is 28.3. The van der Waals surface area contributed by atoms with Gasteiger partial charge in [-0.15, -0.1) is 0 Å². The second-order valence-corrected chi connectivity index (χ2v) is 21.4. The first-order valence-electron chi connectivity index (χ1n) is 24.3. The average molecular weight is 823 g/mol. The lowest BCUT2D eigenvalue weighted by atomic mass is 9.52. The molecule has 320 valence electrons. The topological polar surface area (TPSA) is 27.7 Å². The standard InChI is InChI=1S/C59H66O3/c1-38(2)36-60-51-19-14-43(15-20-51)40(4)29-49(44-16-21-52(22-17-44)62-55-35-59-26-7-25-58-27-24-48(33-58)56(57(58)59)54(55)34-59)28-39(3)42-12-10-41(11-13-42)37-61-53-23-18-47-30-45-8-5-6-9-46(45)31-50(47)32-53/h5-6,8-23,30-32,38-40,48-49,54-57H,7,24-29,33-37H2,1-4H3. The van der Waals surface area contributed by atoms with Crippen LogP contribution in [0.1, 0.15) is 132 Å². The van der Waals surface area contributed by atoms with E-state index in [0.29, 0.717) is 47.2 Å². The fourth-order valence-electron chi connectivity index (χ4n) is 14.4. The van der Waals surface area contributed by atoms with E-state index >= 15 is 0 Å². The zero-order valence-electron chi connectivity index (χ0n) is 37.5. The number of rotatable bonds is 15. The summed E-state index contributed by atoms with van der Waals surface area (Å²) in [7, 11) is 0. The van der Waals surface area contributed by atoms with Crippen LogP contribution in [0, 0.1) is 40.4 Å². The highest BCUT2D eigenvalue weighted by atomic mass is 16.5. The predicted octanol–water partition coefficient (Wildman–Crippen LogP) is 15.5. The van der Waals surface area contributed by atoms with E-state index in [4.69, 9.17) is 14.2 Å². The van der Waals surface area contributed by atoms with E-state index in [-0.39, 0.29) is 0 Å². The van der Waals surface area contributed by atoms with Gasteiger partial charge in [-0.05, 0) is 208 Å². The number of ether oxygens (including phenoxy) is 3. The van der Waals surface area contributed by atoms with Crippen LogP contribution in [0.4, 0.5) is 0 Å². The number of hydrogen-bond acceptors (Lipinski definition) is 3. The average Bonchev–Trinajstić information content (AvgIpc) is 4.05. The lowest BCUT2D eigenvalue weighted by Crippen LogP contribution is -2.48. The van der Waals surface area contributed by atoms with Gasteiger partial charge in [-0.25, -0.2) is 0 Å².